The monoisotopic (exact) mass is 154 g/mol. The highest BCUT2D eigenvalue weighted by Gasteiger charge is 2.47. The van der Waals surface area contributed by atoms with Crippen molar-refractivity contribution in [3.05, 3.63) is 0 Å². The van der Waals surface area contributed by atoms with Crippen LogP contribution in [0.1, 0.15) is 33.6 Å². The highest BCUT2D eigenvalue weighted by molar-refractivity contribution is 4.87. The van der Waals surface area contributed by atoms with E-state index < -0.39 is 11.6 Å². The van der Waals surface area contributed by atoms with Gasteiger partial charge in [-0.15, -0.1) is 0 Å². The van der Waals surface area contributed by atoms with E-state index >= 15 is 0 Å². The van der Waals surface area contributed by atoms with Crippen LogP contribution in [0.25, 0.3) is 0 Å². The fourth-order valence-corrected chi connectivity index (χ4v) is 0.871. The van der Waals surface area contributed by atoms with Crippen molar-refractivity contribution >= 4 is 0 Å². The second-order valence-electron chi connectivity index (χ2n) is 2.56. The first-order valence-electron chi connectivity index (χ1n) is 3.44. The molecule has 3 heteroatoms. The molecule has 0 aromatic carbocycles. The van der Waals surface area contributed by atoms with E-state index in [4.69, 9.17) is 0 Å². The van der Waals surface area contributed by atoms with Gasteiger partial charge in [0, 0.05) is 6.92 Å². The van der Waals surface area contributed by atoms with Crippen molar-refractivity contribution in [1.29, 1.82) is 0 Å². The molecule has 10 heavy (non-hydrogen) atoms. The van der Waals surface area contributed by atoms with Crippen molar-refractivity contribution in [3.63, 3.8) is 0 Å². The van der Waals surface area contributed by atoms with Crippen LogP contribution in [-0.4, -0.2) is 11.6 Å². The van der Waals surface area contributed by atoms with Gasteiger partial charge in [-0.2, -0.15) is 0 Å². The minimum absolute atomic E-state index is 0.132. The minimum Gasteiger partial charge on any atom is -0.237 e. The van der Waals surface area contributed by atoms with Crippen LogP contribution >= 0.6 is 0 Å². The van der Waals surface area contributed by atoms with Gasteiger partial charge >= 0.3 is 0 Å². The van der Waals surface area contributed by atoms with Gasteiger partial charge in [0.1, 0.15) is 0 Å². The number of rotatable bonds is 3. The second-order valence-corrected chi connectivity index (χ2v) is 2.56. The first kappa shape index (κ1) is 9.79. The van der Waals surface area contributed by atoms with E-state index in [1.54, 1.807) is 0 Å². The van der Waals surface area contributed by atoms with E-state index in [1.807, 2.05) is 0 Å². The third-order valence-corrected chi connectivity index (χ3v) is 1.91. The Morgan fingerprint density at radius 3 is 1.30 bits per heavy atom. The Hall–Kier alpha value is -0.210. The molecule has 0 nitrogen and oxygen atoms in total. The average molecular weight is 154 g/mol. The molecule has 0 atom stereocenters. The van der Waals surface area contributed by atoms with Crippen molar-refractivity contribution in [2.75, 3.05) is 0 Å². The third-order valence-electron chi connectivity index (χ3n) is 1.91. The topological polar surface area (TPSA) is 0 Å². The molecule has 0 aliphatic heterocycles. The molecule has 0 aromatic rings. The molecule has 0 aromatic heterocycles. The molecule has 0 spiro atoms. The Kier molecular flexibility index (Phi) is 2.75. The molecule has 0 rings (SSSR count). The standard InChI is InChI=1S/C7H13F3/c1-4-7(10,5-2)6(3,8)9/h4-5H2,1-3H3. The predicted molar refractivity (Wildman–Crippen MR) is 35.0 cm³/mol. The molecule has 0 bridgehead atoms. The molecule has 0 aliphatic carbocycles. The largest absolute Gasteiger partial charge is 0.278 e. The highest BCUT2D eigenvalue weighted by Crippen LogP contribution is 2.37. The molecule has 0 amide bonds. The normalized spacial score (nSPS) is 13.8. The summed E-state index contributed by atoms with van der Waals surface area (Å²) in [6, 6.07) is 0. The third kappa shape index (κ3) is 1.64. The van der Waals surface area contributed by atoms with Crippen LogP contribution in [0.4, 0.5) is 13.2 Å². The Labute approximate surface area is 59.4 Å². The SMILES string of the molecule is CCC(F)(CC)C(C)(F)F. The van der Waals surface area contributed by atoms with Gasteiger partial charge in [0.25, 0.3) is 5.92 Å². The average Bonchev–Trinajstić information content (AvgIpc) is 1.84. The van der Waals surface area contributed by atoms with Crippen molar-refractivity contribution in [2.24, 2.45) is 0 Å². The number of hydrogen-bond donors (Lipinski definition) is 0. The summed E-state index contributed by atoms with van der Waals surface area (Å²) in [5, 5.41) is 0. The first-order valence-corrected chi connectivity index (χ1v) is 3.44. The maximum Gasteiger partial charge on any atom is 0.278 e. The summed E-state index contributed by atoms with van der Waals surface area (Å²) in [4.78, 5) is 0. The van der Waals surface area contributed by atoms with E-state index in [0.717, 1.165) is 0 Å². The van der Waals surface area contributed by atoms with Crippen molar-refractivity contribution in [1.82, 2.24) is 0 Å². The van der Waals surface area contributed by atoms with Gasteiger partial charge in [-0.1, -0.05) is 13.8 Å². The molecule has 62 valence electrons. The van der Waals surface area contributed by atoms with E-state index in [2.05, 4.69) is 0 Å². The smallest absolute Gasteiger partial charge is 0.237 e. The summed E-state index contributed by atoms with van der Waals surface area (Å²) in [7, 11) is 0. The second kappa shape index (κ2) is 2.81. The highest BCUT2D eigenvalue weighted by atomic mass is 19.3. The molecular formula is C7H13F3. The van der Waals surface area contributed by atoms with Gasteiger partial charge in [-0.3, -0.25) is 0 Å². The van der Waals surface area contributed by atoms with E-state index in [-0.39, 0.29) is 12.8 Å². The lowest BCUT2D eigenvalue weighted by Gasteiger charge is -2.28. The first-order chi connectivity index (χ1) is 4.37. The van der Waals surface area contributed by atoms with Crippen molar-refractivity contribution in [2.45, 2.75) is 45.2 Å². The summed E-state index contributed by atoms with van der Waals surface area (Å²) >= 11 is 0. The van der Waals surface area contributed by atoms with E-state index in [9.17, 15) is 13.2 Å². The van der Waals surface area contributed by atoms with Gasteiger partial charge in [-0.05, 0) is 12.8 Å². The lowest BCUT2D eigenvalue weighted by molar-refractivity contribution is -0.127. The van der Waals surface area contributed by atoms with Crippen LogP contribution in [-0.2, 0) is 0 Å². The van der Waals surface area contributed by atoms with Gasteiger partial charge < -0.3 is 0 Å². The summed E-state index contributed by atoms with van der Waals surface area (Å²) in [6.45, 7) is 3.49. The van der Waals surface area contributed by atoms with Gasteiger partial charge in [0.15, 0.2) is 5.67 Å². The van der Waals surface area contributed by atoms with Crippen LogP contribution in [0.2, 0.25) is 0 Å². The van der Waals surface area contributed by atoms with Gasteiger partial charge in [0.2, 0.25) is 0 Å². The molecule has 0 aliphatic rings. The van der Waals surface area contributed by atoms with E-state index in [0.29, 0.717) is 6.92 Å². The van der Waals surface area contributed by atoms with Crippen LogP contribution in [0.15, 0.2) is 0 Å². The van der Waals surface area contributed by atoms with Crippen LogP contribution in [0.3, 0.4) is 0 Å². The Morgan fingerprint density at radius 1 is 1.00 bits per heavy atom. The Bertz CT molecular complexity index is 99.9. The van der Waals surface area contributed by atoms with Crippen LogP contribution in [0.5, 0.6) is 0 Å². The predicted octanol–water partition coefficient (Wildman–Crippen LogP) is 3.17. The molecule has 0 radical (unpaired) electrons. The zero-order chi connectivity index (χ0) is 8.41. The van der Waals surface area contributed by atoms with Crippen molar-refractivity contribution in [3.8, 4) is 0 Å². The summed E-state index contributed by atoms with van der Waals surface area (Å²) in [5.74, 6) is -3.21. The molecule has 0 heterocycles. The summed E-state index contributed by atoms with van der Waals surface area (Å²) in [6.07, 6.45) is -0.264. The van der Waals surface area contributed by atoms with Crippen molar-refractivity contribution < 1.29 is 13.2 Å². The Morgan fingerprint density at radius 2 is 1.30 bits per heavy atom. The molecule has 0 N–H and O–H groups in total. The fraction of sp³-hybridized carbons (Fsp3) is 1.00. The zero-order valence-electron chi connectivity index (χ0n) is 6.55. The minimum atomic E-state index is -3.21. The lowest BCUT2D eigenvalue weighted by Crippen LogP contribution is -2.40. The number of alkyl halides is 3. The maximum atomic E-state index is 13.0. The summed E-state index contributed by atoms with van der Waals surface area (Å²) < 4.78 is 37.8. The van der Waals surface area contributed by atoms with Gasteiger partial charge in [0.05, 0.1) is 0 Å². The Balaban J connectivity index is 4.33. The van der Waals surface area contributed by atoms with Gasteiger partial charge in [-0.25, -0.2) is 13.2 Å². The fourth-order valence-electron chi connectivity index (χ4n) is 0.871. The molecule has 0 fully saturated rings. The quantitative estimate of drug-likeness (QED) is 0.585. The molecule has 0 saturated carbocycles. The van der Waals surface area contributed by atoms with Crippen LogP contribution < -0.4 is 0 Å². The maximum absolute atomic E-state index is 13.0. The number of halogens is 3. The lowest BCUT2D eigenvalue weighted by atomic mass is 9.93. The summed E-state index contributed by atoms with van der Waals surface area (Å²) in [5.41, 5.74) is -2.31. The zero-order valence-corrected chi connectivity index (χ0v) is 6.55. The van der Waals surface area contributed by atoms with E-state index in [1.165, 1.54) is 13.8 Å². The molecule has 0 unspecified atom stereocenters. The van der Waals surface area contributed by atoms with Crippen LogP contribution in [0, 0.1) is 0 Å². The molecule has 0 saturated heterocycles. The number of hydrogen-bond acceptors (Lipinski definition) is 0. The molecular weight excluding hydrogens is 141 g/mol.